The topological polar surface area (TPSA) is 37.0 Å². The van der Waals surface area contributed by atoms with Crippen LogP contribution in [-0.2, 0) is 0 Å². The fourth-order valence-electron chi connectivity index (χ4n) is 1.71. The molecule has 3 heteroatoms. The highest BCUT2D eigenvalue weighted by Crippen LogP contribution is 2.09. The normalized spacial score (nSPS) is 21.1. The smallest absolute Gasteiger partial charge is 0.125 e. The molecule has 2 heterocycles. The Labute approximate surface area is 84.9 Å². The Kier molecular flexibility index (Phi) is 2.99. The van der Waals surface area contributed by atoms with Crippen LogP contribution in [0.1, 0.15) is 12.0 Å². The molecule has 1 fully saturated rings. The minimum atomic E-state index is 0.762. The molecule has 1 saturated heterocycles. The van der Waals surface area contributed by atoms with Crippen molar-refractivity contribution in [3.63, 3.8) is 0 Å². The van der Waals surface area contributed by atoms with Crippen molar-refractivity contribution in [2.45, 2.75) is 13.3 Å². The maximum atomic E-state index is 4.31. The van der Waals surface area contributed by atoms with Crippen molar-refractivity contribution < 1.29 is 0 Å². The highest BCUT2D eigenvalue weighted by atomic mass is 15.0. The number of rotatable bonds is 3. The molecule has 0 radical (unpaired) electrons. The Balaban J connectivity index is 1.82. The third kappa shape index (κ3) is 2.45. The number of anilines is 1. The van der Waals surface area contributed by atoms with Crippen LogP contribution in [-0.4, -0.2) is 24.6 Å². The van der Waals surface area contributed by atoms with Gasteiger partial charge in [0.05, 0.1) is 0 Å². The Morgan fingerprint density at radius 1 is 1.57 bits per heavy atom. The predicted octanol–water partition coefficient (Wildman–Crippen LogP) is 1.41. The molecule has 76 valence electrons. The van der Waals surface area contributed by atoms with Crippen LogP contribution >= 0.6 is 0 Å². The van der Waals surface area contributed by atoms with Crippen LogP contribution in [0.2, 0.25) is 0 Å². The van der Waals surface area contributed by atoms with E-state index >= 15 is 0 Å². The van der Waals surface area contributed by atoms with E-state index in [0.717, 1.165) is 31.4 Å². The quantitative estimate of drug-likeness (QED) is 0.758. The molecule has 0 spiro atoms. The summed E-state index contributed by atoms with van der Waals surface area (Å²) in [5.74, 6) is 1.75. The van der Waals surface area contributed by atoms with Crippen molar-refractivity contribution in [1.29, 1.82) is 0 Å². The molecule has 2 rings (SSSR count). The number of nitrogens with zero attached hydrogens (tertiary/aromatic N) is 1. The molecule has 2 N–H and O–H groups in total. The SMILES string of the molecule is Cc1ccc(NC[C@H]2CCNC2)nc1. The Morgan fingerprint density at radius 3 is 3.14 bits per heavy atom. The van der Waals surface area contributed by atoms with Crippen LogP contribution in [0.5, 0.6) is 0 Å². The third-order valence-corrected chi connectivity index (χ3v) is 2.65. The van der Waals surface area contributed by atoms with Gasteiger partial charge in [0.15, 0.2) is 0 Å². The number of hydrogen-bond donors (Lipinski definition) is 2. The van der Waals surface area contributed by atoms with Crippen LogP contribution in [0.15, 0.2) is 18.3 Å². The summed E-state index contributed by atoms with van der Waals surface area (Å²) in [5.41, 5.74) is 1.21. The van der Waals surface area contributed by atoms with Gasteiger partial charge in [-0.25, -0.2) is 4.98 Å². The molecule has 0 saturated carbocycles. The van der Waals surface area contributed by atoms with Gasteiger partial charge in [0.1, 0.15) is 5.82 Å². The zero-order valence-corrected chi connectivity index (χ0v) is 8.59. The van der Waals surface area contributed by atoms with Crippen molar-refractivity contribution in [2.24, 2.45) is 5.92 Å². The van der Waals surface area contributed by atoms with Gasteiger partial charge >= 0.3 is 0 Å². The summed E-state index contributed by atoms with van der Waals surface area (Å²) in [5, 5.41) is 6.72. The zero-order chi connectivity index (χ0) is 9.80. The molecule has 1 aliphatic heterocycles. The minimum Gasteiger partial charge on any atom is -0.370 e. The molecule has 0 aliphatic carbocycles. The maximum absolute atomic E-state index is 4.31. The number of aryl methyl sites for hydroxylation is 1. The summed E-state index contributed by atoms with van der Waals surface area (Å²) in [6.07, 6.45) is 3.17. The van der Waals surface area contributed by atoms with Crippen LogP contribution in [0.25, 0.3) is 0 Å². The van der Waals surface area contributed by atoms with Gasteiger partial charge in [-0.05, 0) is 44.0 Å². The van der Waals surface area contributed by atoms with E-state index in [-0.39, 0.29) is 0 Å². The second kappa shape index (κ2) is 4.42. The van der Waals surface area contributed by atoms with E-state index in [1.165, 1.54) is 12.0 Å². The number of aromatic nitrogens is 1. The summed E-state index contributed by atoms with van der Waals surface area (Å²) in [6.45, 7) is 5.38. The second-order valence-electron chi connectivity index (χ2n) is 3.96. The van der Waals surface area contributed by atoms with Gasteiger partial charge < -0.3 is 10.6 Å². The standard InChI is InChI=1S/C11H17N3/c1-9-2-3-11(13-6-9)14-8-10-4-5-12-7-10/h2-3,6,10,12H,4-5,7-8H2,1H3,(H,13,14)/t10-/m0/s1. The van der Waals surface area contributed by atoms with Crippen LogP contribution in [0.3, 0.4) is 0 Å². The highest BCUT2D eigenvalue weighted by molar-refractivity contribution is 5.35. The van der Waals surface area contributed by atoms with Gasteiger partial charge in [0, 0.05) is 12.7 Å². The highest BCUT2D eigenvalue weighted by Gasteiger charge is 2.13. The molecule has 0 unspecified atom stereocenters. The molecule has 0 aromatic carbocycles. The van der Waals surface area contributed by atoms with Crippen molar-refractivity contribution in [3.05, 3.63) is 23.9 Å². The Hall–Kier alpha value is -1.09. The summed E-state index contributed by atoms with van der Waals surface area (Å²) in [6, 6.07) is 4.12. The van der Waals surface area contributed by atoms with E-state index in [1.54, 1.807) is 0 Å². The van der Waals surface area contributed by atoms with Gasteiger partial charge in [-0.1, -0.05) is 6.07 Å². The van der Waals surface area contributed by atoms with Gasteiger partial charge in [0.2, 0.25) is 0 Å². The van der Waals surface area contributed by atoms with Crippen molar-refractivity contribution >= 4 is 5.82 Å². The Morgan fingerprint density at radius 2 is 2.50 bits per heavy atom. The largest absolute Gasteiger partial charge is 0.370 e. The average molecular weight is 191 g/mol. The molecule has 14 heavy (non-hydrogen) atoms. The monoisotopic (exact) mass is 191 g/mol. The van der Waals surface area contributed by atoms with Gasteiger partial charge in [-0.3, -0.25) is 0 Å². The lowest BCUT2D eigenvalue weighted by Crippen LogP contribution is -2.17. The molecule has 1 atom stereocenters. The number of nitrogens with one attached hydrogen (secondary N) is 2. The van der Waals surface area contributed by atoms with E-state index in [0.29, 0.717) is 0 Å². The van der Waals surface area contributed by atoms with E-state index in [2.05, 4.69) is 28.6 Å². The average Bonchev–Trinajstić information content (AvgIpc) is 2.70. The first-order valence-electron chi connectivity index (χ1n) is 5.22. The lowest BCUT2D eigenvalue weighted by molar-refractivity contribution is 0.614. The van der Waals surface area contributed by atoms with Crippen molar-refractivity contribution in [3.8, 4) is 0 Å². The first kappa shape index (κ1) is 9.46. The molecule has 3 nitrogen and oxygen atoms in total. The molecule has 1 aromatic rings. The summed E-state index contributed by atoms with van der Waals surface area (Å²) >= 11 is 0. The third-order valence-electron chi connectivity index (χ3n) is 2.65. The molecule has 1 aliphatic rings. The Bertz CT molecular complexity index is 275. The fourth-order valence-corrected chi connectivity index (χ4v) is 1.71. The first-order valence-corrected chi connectivity index (χ1v) is 5.22. The van der Waals surface area contributed by atoms with Crippen LogP contribution < -0.4 is 10.6 Å². The molecular weight excluding hydrogens is 174 g/mol. The van der Waals surface area contributed by atoms with Crippen molar-refractivity contribution in [1.82, 2.24) is 10.3 Å². The summed E-state index contributed by atoms with van der Waals surface area (Å²) in [4.78, 5) is 4.31. The lowest BCUT2D eigenvalue weighted by atomic mass is 10.1. The fraction of sp³-hybridized carbons (Fsp3) is 0.545. The van der Waals surface area contributed by atoms with Crippen LogP contribution in [0.4, 0.5) is 5.82 Å². The van der Waals surface area contributed by atoms with Crippen molar-refractivity contribution in [2.75, 3.05) is 25.0 Å². The molecule has 0 amide bonds. The summed E-state index contributed by atoms with van der Waals surface area (Å²) in [7, 11) is 0. The molecular formula is C11H17N3. The maximum Gasteiger partial charge on any atom is 0.125 e. The summed E-state index contributed by atoms with van der Waals surface area (Å²) < 4.78 is 0. The van der Waals surface area contributed by atoms with Gasteiger partial charge in [0.25, 0.3) is 0 Å². The van der Waals surface area contributed by atoms with E-state index in [4.69, 9.17) is 0 Å². The van der Waals surface area contributed by atoms with Gasteiger partial charge in [-0.15, -0.1) is 0 Å². The first-order chi connectivity index (χ1) is 6.84. The second-order valence-corrected chi connectivity index (χ2v) is 3.96. The molecule has 0 bridgehead atoms. The minimum absolute atomic E-state index is 0.762. The predicted molar refractivity (Wildman–Crippen MR) is 58.4 cm³/mol. The zero-order valence-electron chi connectivity index (χ0n) is 8.59. The van der Waals surface area contributed by atoms with E-state index in [9.17, 15) is 0 Å². The number of hydrogen-bond acceptors (Lipinski definition) is 3. The van der Waals surface area contributed by atoms with Crippen LogP contribution in [0, 0.1) is 12.8 Å². The molecule has 1 aromatic heterocycles. The van der Waals surface area contributed by atoms with E-state index < -0.39 is 0 Å². The lowest BCUT2D eigenvalue weighted by Gasteiger charge is -2.10. The van der Waals surface area contributed by atoms with Gasteiger partial charge in [-0.2, -0.15) is 0 Å². The van der Waals surface area contributed by atoms with E-state index in [1.807, 2.05) is 12.3 Å². The number of pyridine rings is 1.